The van der Waals surface area contributed by atoms with Crippen LogP contribution in [-0.4, -0.2) is 21.6 Å². The maximum Gasteiger partial charge on any atom is 0.0522 e. The number of aromatic nitrogens is 2. The molecule has 0 radical (unpaired) electrons. The van der Waals surface area contributed by atoms with Gasteiger partial charge in [-0.2, -0.15) is 5.10 Å². The van der Waals surface area contributed by atoms with Crippen molar-refractivity contribution in [3.63, 3.8) is 0 Å². The topological polar surface area (TPSA) is 43.8 Å². The summed E-state index contributed by atoms with van der Waals surface area (Å²) in [5.41, 5.74) is 8.74. The monoisotopic (exact) mass is 275 g/mol. The van der Waals surface area contributed by atoms with Gasteiger partial charge >= 0.3 is 0 Å². The van der Waals surface area contributed by atoms with Crippen molar-refractivity contribution in [2.75, 3.05) is 5.75 Å². The number of nitrogens with two attached hydrogens (primary N) is 1. The minimum atomic E-state index is 0.166. The minimum absolute atomic E-state index is 0.166. The molecule has 1 unspecified atom stereocenters. The van der Waals surface area contributed by atoms with E-state index in [1.54, 1.807) is 0 Å². The molecule has 4 heteroatoms. The molecular formula is C15H21N3S. The molecule has 19 heavy (non-hydrogen) atoms. The van der Waals surface area contributed by atoms with Crippen LogP contribution in [0.1, 0.15) is 18.1 Å². The highest BCUT2D eigenvalue weighted by Gasteiger charge is 2.07. The van der Waals surface area contributed by atoms with Crippen molar-refractivity contribution >= 4 is 11.8 Å². The van der Waals surface area contributed by atoms with E-state index in [1.165, 1.54) is 16.0 Å². The molecule has 0 spiro atoms. The zero-order valence-electron chi connectivity index (χ0n) is 11.5. The van der Waals surface area contributed by atoms with Crippen LogP contribution in [0.4, 0.5) is 0 Å². The molecular weight excluding hydrogens is 254 g/mol. The first-order chi connectivity index (χ1) is 9.19. The Hall–Kier alpha value is -1.26. The van der Waals surface area contributed by atoms with Gasteiger partial charge in [-0.1, -0.05) is 18.2 Å². The maximum atomic E-state index is 6.20. The Morgan fingerprint density at radius 3 is 2.84 bits per heavy atom. The van der Waals surface area contributed by atoms with Crippen LogP contribution in [-0.2, 0) is 13.0 Å². The first-order valence-electron chi connectivity index (χ1n) is 6.64. The summed E-state index contributed by atoms with van der Waals surface area (Å²) in [6.07, 6.45) is 4.89. The molecule has 0 saturated carbocycles. The van der Waals surface area contributed by atoms with E-state index in [-0.39, 0.29) is 6.04 Å². The van der Waals surface area contributed by atoms with E-state index in [0.29, 0.717) is 0 Å². The first kappa shape index (κ1) is 14.2. The van der Waals surface area contributed by atoms with Gasteiger partial charge in [0.1, 0.15) is 0 Å². The number of thioether (sulfide) groups is 1. The highest BCUT2D eigenvalue weighted by Crippen LogP contribution is 2.22. The molecule has 0 amide bonds. The third kappa shape index (κ3) is 4.11. The fraction of sp³-hybridized carbons (Fsp3) is 0.400. The fourth-order valence-electron chi connectivity index (χ4n) is 1.96. The summed E-state index contributed by atoms with van der Waals surface area (Å²) >= 11 is 1.83. The lowest BCUT2D eigenvalue weighted by Gasteiger charge is -2.11. The summed E-state index contributed by atoms with van der Waals surface area (Å²) in [6, 6.07) is 8.60. The minimum Gasteiger partial charge on any atom is -0.327 e. The van der Waals surface area contributed by atoms with E-state index >= 15 is 0 Å². The summed E-state index contributed by atoms with van der Waals surface area (Å²) < 4.78 is 1.94. The smallest absolute Gasteiger partial charge is 0.0522 e. The maximum absolute atomic E-state index is 6.20. The highest BCUT2D eigenvalue weighted by atomic mass is 32.2. The van der Waals surface area contributed by atoms with Gasteiger partial charge in [-0.15, -0.1) is 11.8 Å². The fourth-order valence-corrected chi connectivity index (χ4v) is 2.94. The quantitative estimate of drug-likeness (QED) is 0.824. The molecule has 2 rings (SSSR count). The molecule has 2 N–H and O–H groups in total. The van der Waals surface area contributed by atoms with Crippen LogP contribution in [0.2, 0.25) is 0 Å². The normalized spacial score (nSPS) is 12.6. The molecule has 102 valence electrons. The SMILES string of the molecule is CCn1cc(CC(N)CSc2ccccc2C)cn1. The van der Waals surface area contributed by atoms with Gasteiger partial charge in [0.05, 0.1) is 6.20 Å². The lowest BCUT2D eigenvalue weighted by molar-refractivity contribution is 0.658. The lowest BCUT2D eigenvalue weighted by atomic mass is 10.1. The average Bonchev–Trinajstić information content (AvgIpc) is 2.85. The molecule has 0 aliphatic rings. The number of nitrogens with zero attached hydrogens (tertiary/aromatic N) is 2. The van der Waals surface area contributed by atoms with E-state index in [0.717, 1.165) is 18.7 Å². The summed E-state index contributed by atoms with van der Waals surface area (Å²) in [4.78, 5) is 1.32. The predicted octanol–water partition coefficient (Wildman–Crippen LogP) is 2.87. The van der Waals surface area contributed by atoms with Gasteiger partial charge in [-0.3, -0.25) is 4.68 Å². The Bertz CT molecular complexity index is 522. The van der Waals surface area contributed by atoms with Crippen LogP contribution in [0.3, 0.4) is 0 Å². The Kier molecular flexibility index (Phi) is 5.05. The van der Waals surface area contributed by atoms with Crippen molar-refractivity contribution in [3.05, 3.63) is 47.8 Å². The Labute approximate surface area is 119 Å². The lowest BCUT2D eigenvalue weighted by Crippen LogP contribution is -2.25. The Morgan fingerprint density at radius 2 is 2.16 bits per heavy atom. The molecule has 1 atom stereocenters. The number of rotatable bonds is 6. The largest absolute Gasteiger partial charge is 0.327 e. The summed E-state index contributed by atoms with van der Waals surface area (Å²) in [6.45, 7) is 5.14. The molecule has 1 heterocycles. The van der Waals surface area contributed by atoms with Crippen molar-refractivity contribution in [2.24, 2.45) is 5.73 Å². The summed E-state index contributed by atoms with van der Waals surface area (Å²) in [5.74, 6) is 0.933. The highest BCUT2D eigenvalue weighted by molar-refractivity contribution is 7.99. The Morgan fingerprint density at radius 1 is 1.37 bits per heavy atom. The number of benzene rings is 1. The molecule has 2 aromatic rings. The molecule has 0 aliphatic heterocycles. The molecule has 3 nitrogen and oxygen atoms in total. The molecule has 0 bridgehead atoms. The van der Waals surface area contributed by atoms with Crippen molar-refractivity contribution in [1.29, 1.82) is 0 Å². The van der Waals surface area contributed by atoms with E-state index in [1.807, 2.05) is 22.6 Å². The van der Waals surface area contributed by atoms with Gasteiger partial charge in [-0.05, 0) is 37.5 Å². The summed E-state index contributed by atoms with van der Waals surface area (Å²) in [7, 11) is 0. The average molecular weight is 275 g/mol. The number of aryl methyl sites for hydroxylation is 2. The van der Waals surface area contributed by atoms with Crippen LogP contribution in [0, 0.1) is 6.92 Å². The van der Waals surface area contributed by atoms with Crippen LogP contribution in [0.25, 0.3) is 0 Å². The zero-order chi connectivity index (χ0) is 13.7. The van der Waals surface area contributed by atoms with Gasteiger partial charge in [0, 0.05) is 29.4 Å². The van der Waals surface area contributed by atoms with Crippen LogP contribution in [0.5, 0.6) is 0 Å². The summed E-state index contributed by atoms with van der Waals surface area (Å²) in [5, 5.41) is 4.27. The third-order valence-electron chi connectivity index (χ3n) is 3.06. The predicted molar refractivity (Wildman–Crippen MR) is 81.5 cm³/mol. The van der Waals surface area contributed by atoms with Gasteiger partial charge in [-0.25, -0.2) is 0 Å². The second kappa shape index (κ2) is 6.78. The van der Waals surface area contributed by atoms with Crippen molar-refractivity contribution < 1.29 is 0 Å². The number of hydrogen-bond donors (Lipinski definition) is 1. The third-order valence-corrected chi connectivity index (χ3v) is 4.42. The number of hydrogen-bond acceptors (Lipinski definition) is 3. The first-order valence-corrected chi connectivity index (χ1v) is 7.63. The van der Waals surface area contributed by atoms with E-state index in [2.05, 4.69) is 49.4 Å². The van der Waals surface area contributed by atoms with Crippen LogP contribution >= 0.6 is 11.8 Å². The van der Waals surface area contributed by atoms with E-state index in [9.17, 15) is 0 Å². The van der Waals surface area contributed by atoms with Crippen molar-refractivity contribution in [2.45, 2.75) is 37.8 Å². The van der Waals surface area contributed by atoms with E-state index < -0.39 is 0 Å². The van der Waals surface area contributed by atoms with Crippen molar-refractivity contribution in [3.8, 4) is 0 Å². The van der Waals surface area contributed by atoms with Gasteiger partial charge in [0.2, 0.25) is 0 Å². The second-order valence-electron chi connectivity index (χ2n) is 4.74. The standard InChI is InChI=1S/C15H21N3S/c1-3-18-10-13(9-17-18)8-14(16)11-19-15-7-5-4-6-12(15)2/h4-7,9-10,14H,3,8,11,16H2,1-2H3. The molecule has 0 aliphatic carbocycles. The van der Waals surface area contributed by atoms with Gasteiger partial charge in [0.25, 0.3) is 0 Å². The molecule has 1 aromatic heterocycles. The second-order valence-corrected chi connectivity index (χ2v) is 5.81. The Balaban J connectivity index is 1.84. The molecule has 1 aromatic carbocycles. The van der Waals surface area contributed by atoms with Crippen LogP contribution < -0.4 is 5.73 Å². The van der Waals surface area contributed by atoms with Crippen molar-refractivity contribution in [1.82, 2.24) is 9.78 Å². The van der Waals surface area contributed by atoms with Gasteiger partial charge < -0.3 is 5.73 Å². The molecule has 0 fully saturated rings. The van der Waals surface area contributed by atoms with Crippen LogP contribution in [0.15, 0.2) is 41.6 Å². The van der Waals surface area contributed by atoms with E-state index in [4.69, 9.17) is 5.73 Å². The van der Waals surface area contributed by atoms with Gasteiger partial charge in [0.15, 0.2) is 0 Å². The molecule has 0 saturated heterocycles. The zero-order valence-corrected chi connectivity index (χ0v) is 12.4.